The number of hydrogen-bond acceptors (Lipinski definition) is 2. The van der Waals surface area contributed by atoms with E-state index in [0.29, 0.717) is 17.5 Å². The molecule has 0 saturated heterocycles. The fourth-order valence-electron chi connectivity index (χ4n) is 3.87. The third-order valence-corrected chi connectivity index (χ3v) is 5.17. The summed E-state index contributed by atoms with van der Waals surface area (Å²) >= 11 is 0. The number of fused-ring (bicyclic) bond motifs is 3. The highest BCUT2D eigenvalue weighted by Gasteiger charge is 2.42. The second kappa shape index (κ2) is 4.91. The summed E-state index contributed by atoms with van der Waals surface area (Å²) < 4.78 is 0. The van der Waals surface area contributed by atoms with Crippen LogP contribution in [0.1, 0.15) is 46.9 Å². The molecule has 0 saturated carbocycles. The molecule has 0 heterocycles. The van der Waals surface area contributed by atoms with Gasteiger partial charge < -0.3 is 0 Å². The van der Waals surface area contributed by atoms with E-state index in [0.717, 1.165) is 23.6 Å². The lowest BCUT2D eigenvalue weighted by Gasteiger charge is -2.34. The van der Waals surface area contributed by atoms with E-state index in [1.54, 1.807) is 0 Å². The highest BCUT2D eigenvalue weighted by Crippen LogP contribution is 2.41. The van der Waals surface area contributed by atoms with Gasteiger partial charge in [-0.3, -0.25) is 9.59 Å². The van der Waals surface area contributed by atoms with Crippen molar-refractivity contribution in [3.8, 4) is 0 Å². The van der Waals surface area contributed by atoms with Crippen molar-refractivity contribution in [2.24, 2.45) is 11.8 Å². The van der Waals surface area contributed by atoms with E-state index in [2.05, 4.69) is 13.0 Å². The molecule has 4 rings (SSSR count). The van der Waals surface area contributed by atoms with Gasteiger partial charge in [-0.15, -0.1) is 0 Å². The zero-order chi connectivity index (χ0) is 15.3. The number of allylic oxidation sites excluding steroid dienone is 2. The van der Waals surface area contributed by atoms with Crippen molar-refractivity contribution in [1.29, 1.82) is 0 Å². The predicted octanol–water partition coefficient (Wildman–Crippen LogP) is 4.58. The van der Waals surface area contributed by atoms with E-state index in [-0.39, 0.29) is 23.4 Å². The average molecular weight is 290 g/mol. The lowest BCUT2D eigenvalue weighted by atomic mass is 9.67. The maximum Gasteiger partial charge on any atom is 0.167 e. The third kappa shape index (κ3) is 1.87. The summed E-state index contributed by atoms with van der Waals surface area (Å²) in [6, 6.07) is 11.7. The van der Waals surface area contributed by atoms with Gasteiger partial charge in [0.2, 0.25) is 0 Å². The minimum Gasteiger partial charge on any atom is -0.294 e. The van der Waals surface area contributed by atoms with Crippen LogP contribution in [0.5, 0.6) is 0 Å². The average Bonchev–Trinajstić information content (AvgIpc) is 2.58. The lowest BCUT2D eigenvalue weighted by molar-refractivity contribution is 0.0725. The first-order valence-electron chi connectivity index (χ1n) is 7.98. The van der Waals surface area contributed by atoms with E-state index in [4.69, 9.17) is 0 Å². The normalized spacial score (nSPS) is 24.0. The fraction of sp³-hybridized carbons (Fsp3) is 0.300. The van der Waals surface area contributed by atoms with Crippen LogP contribution in [0.25, 0.3) is 10.8 Å². The molecule has 2 aliphatic carbocycles. The first-order chi connectivity index (χ1) is 10.7. The van der Waals surface area contributed by atoms with Crippen molar-refractivity contribution in [3.63, 3.8) is 0 Å². The minimum atomic E-state index is -0.156. The molecule has 2 aromatic rings. The lowest BCUT2D eigenvalue weighted by Crippen LogP contribution is -2.38. The maximum absolute atomic E-state index is 12.9. The Labute approximate surface area is 129 Å². The molecule has 0 aliphatic heterocycles. The van der Waals surface area contributed by atoms with E-state index in [1.807, 2.05) is 36.4 Å². The topological polar surface area (TPSA) is 34.1 Å². The zero-order valence-corrected chi connectivity index (χ0v) is 12.6. The van der Waals surface area contributed by atoms with Crippen molar-refractivity contribution in [2.45, 2.75) is 26.2 Å². The molecule has 110 valence electrons. The Morgan fingerprint density at radius 3 is 2.14 bits per heavy atom. The first kappa shape index (κ1) is 13.4. The van der Waals surface area contributed by atoms with Crippen molar-refractivity contribution >= 4 is 22.3 Å². The molecule has 0 fully saturated rings. The zero-order valence-electron chi connectivity index (χ0n) is 12.6. The summed E-state index contributed by atoms with van der Waals surface area (Å²) in [7, 11) is 0. The van der Waals surface area contributed by atoms with E-state index in [9.17, 15) is 9.59 Å². The Morgan fingerprint density at radius 2 is 1.55 bits per heavy atom. The predicted molar refractivity (Wildman–Crippen MR) is 87.2 cm³/mol. The molecule has 2 aromatic carbocycles. The first-order valence-corrected chi connectivity index (χ1v) is 7.98. The molecule has 2 heteroatoms. The van der Waals surface area contributed by atoms with Crippen molar-refractivity contribution in [3.05, 3.63) is 59.2 Å². The van der Waals surface area contributed by atoms with Crippen LogP contribution < -0.4 is 0 Å². The van der Waals surface area contributed by atoms with Gasteiger partial charge in [-0.1, -0.05) is 42.8 Å². The molecule has 2 nitrogen and oxygen atoms in total. The van der Waals surface area contributed by atoms with Crippen LogP contribution in [0.15, 0.2) is 48.0 Å². The van der Waals surface area contributed by atoms with Gasteiger partial charge in [0.05, 0.1) is 0 Å². The van der Waals surface area contributed by atoms with Crippen LogP contribution in [-0.4, -0.2) is 11.6 Å². The molecule has 0 aromatic heterocycles. The molecule has 2 unspecified atom stereocenters. The Kier molecular flexibility index (Phi) is 3.00. The molecule has 0 spiro atoms. The van der Waals surface area contributed by atoms with Gasteiger partial charge in [-0.25, -0.2) is 0 Å². The van der Waals surface area contributed by atoms with Crippen molar-refractivity contribution in [2.75, 3.05) is 0 Å². The quantitative estimate of drug-likeness (QED) is 0.720. The molecule has 0 N–H and O–H groups in total. The Hall–Kier alpha value is -2.22. The van der Waals surface area contributed by atoms with Crippen molar-refractivity contribution in [1.82, 2.24) is 0 Å². The molecular formula is C20H18O2. The summed E-state index contributed by atoms with van der Waals surface area (Å²) in [5.74, 6) is -0.00117. The summed E-state index contributed by atoms with van der Waals surface area (Å²) in [5, 5.41) is 2.06. The second-order valence-corrected chi connectivity index (χ2v) is 6.34. The van der Waals surface area contributed by atoms with E-state index in [1.165, 1.54) is 5.57 Å². The Balaban J connectivity index is 1.88. The van der Waals surface area contributed by atoms with Gasteiger partial charge in [-0.05, 0) is 42.2 Å². The second-order valence-electron chi connectivity index (χ2n) is 6.34. The maximum atomic E-state index is 12.9. The highest BCUT2D eigenvalue weighted by atomic mass is 16.1. The Morgan fingerprint density at radius 1 is 0.955 bits per heavy atom. The van der Waals surface area contributed by atoms with Gasteiger partial charge >= 0.3 is 0 Å². The van der Waals surface area contributed by atoms with Crippen LogP contribution in [0, 0.1) is 11.8 Å². The molecule has 0 amide bonds. The van der Waals surface area contributed by atoms with Crippen LogP contribution >= 0.6 is 0 Å². The summed E-state index contributed by atoms with van der Waals surface area (Å²) in [4.78, 5) is 25.8. The molecule has 22 heavy (non-hydrogen) atoms. The van der Waals surface area contributed by atoms with Crippen molar-refractivity contribution < 1.29 is 9.59 Å². The number of Topliss-reactive ketones (excluding diaryl/α,β-unsaturated/α-hetero) is 2. The fourth-order valence-corrected chi connectivity index (χ4v) is 3.87. The van der Waals surface area contributed by atoms with Gasteiger partial charge in [0.15, 0.2) is 11.6 Å². The number of carbonyl (C=O) groups is 2. The van der Waals surface area contributed by atoms with Crippen LogP contribution in [0.4, 0.5) is 0 Å². The van der Waals surface area contributed by atoms with Gasteiger partial charge in [-0.2, -0.15) is 0 Å². The molecule has 0 bridgehead atoms. The van der Waals surface area contributed by atoms with Crippen LogP contribution in [-0.2, 0) is 0 Å². The summed E-state index contributed by atoms with van der Waals surface area (Å²) in [6.45, 7) is 2.11. The Bertz CT molecular complexity index is 829. The molecule has 2 aliphatic rings. The number of hydrogen-bond donors (Lipinski definition) is 0. The van der Waals surface area contributed by atoms with E-state index < -0.39 is 0 Å². The van der Waals surface area contributed by atoms with Gasteiger partial charge in [0.25, 0.3) is 0 Å². The molecular weight excluding hydrogens is 272 g/mol. The van der Waals surface area contributed by atoms with Crippen LogP contribution in [0.2, 0.25) is 0 Å². The number of ketones is 2. The molecule has 2 atom stereocenters. The molecule has 0 radical (unpaired) electrons. The SMILES string of the molecule is CCC1=CCC2C(=O)c3cc4ccccc4cc3C(=O)C2C1. The van der Waals surface area contributed by atoms with Gasteiger partial charge in [0.1, 0.15) is 0 Å². The summed E-state index contributed by atoms with van der Waals surface area (Å²) in [5.41, 5.74) is 2.56. The van der Waals surface area contributed by atoms with E-state index >= 15 is 0 Å². The van der Waals surface area contributed by atoms with Gasteiger partial charge in [0, 0.05) is 23.0 Å². The number of benzene rings is 2. The number of rotatable bonds is 1. The smallest absolute Gasteiger partial charge is 0.167 e. The highest BCUT2D eigenvalue weighted by molar-refractivity contribution is 6.18. The minimum absolute atomic E-state index is 0.150. The van der Waals surface area contributed by atoms with Crippen LogP contribution in [0.3, 0.4) is 0 Å². The third-order valence-electron chi connectivity index (χ3n) is 5.17. The largest absolute Gasteiger partial charge is 0.294 e. The monoisotopic (exact) mass is 290 g/mol. The number of carbonyl (C=O) groups excluding carboxylic acids is 2. The summed E-state index contributed by atoms with van der Waals surface area (Å²) in [6.07, 6.45) is 4.59. The standard InChI is InChI=1S/C20H18O2/c1-2-12-7-8-15-16(9-12)20(22)18-11-14-6-4-3-5-13(14)10-17(18)19(15)21/h3-7,10-11,15-16H,2,8-9H2,1H3.